The van der Waals surface area contributed by atoms with Crippen LogP contribution in [-0.2, 0) is 10.8 Å². The Balaban J connectivity index is 1.05. The van der Waals surface area contributed by atoms with Crippen LogP contribution in [0, 0.1) is 0 Å². The van der Waals surface area contributed by atoms with Crippen LogP contribution in [0.1, 0.15) is 47.2 Å². The molecule has 0 unspecified atom stereocenters. The fraction of sp³-hybridized carbons (Fsp3) is 0.0690. The van der Waals surface area contributed by atoms with Crippen molar-refractivity contribution in [2.45, 2.75) is 24.7 Å². The number of para-hydroxylation sites is 2. The van der Waals surface area contributed by atoms with Crippen LogP contribution in [0.5, 0.6) is 0 Å². The van der Waals surface area contributed by atoms with E-state index >= 15 is 0 Å². The summed E-state index contributed by atoms with van der Waals surface area (Å²) in [5.41, 5.74) is 24.5. The zero-order valence-corrected chi connectivity index (χ0v) is 32.9. The maximum Gasteiger partial charge on any atom is 0.143 e. The average molecular weight is 751 g/mol. The van der Waals surface area contributed by atoms with E-state index < -0.39 is 0 Å². The van der Waals surface area contributed by atoms with Crippen LogP contribution >= 0.6 is 0 Å². The molecule has 0 aliphatic heterocycles. The van der Waals surface area contributed by atoms with Crippen molar-refractivity contribution in [1.29, 1.82) is 0 Å². The van der Waals surface area contributed by atoms with Gasteiger partial charge in [-0.05, 0) is 131 Å². The molecule has 3 aliphatic carbocycles. The largest absolute Gasteiger partial charge is 0.455 e. The minimum atomic E-state index is -0.365. The SMILES string of the molecule is CC1(C)c2ccccc2-c2cc(-c3cc(-c4ccc5c(c4)-c4ccccc4C54c5ccccc5-c5ccccc54)cc(-c4cccc5c4oc4ccccc45)c3)ccc21. The molecular formula is C58H38O. The van der Waals surface area contributed by atoms with E-state index in [1.54, 1.807) is 0 Å². The summed E-state index contributed by atoms with van der Waals surface area (Å²) >= 11 is 0. The number of benzene rings is 9. The Morgan fingerprint density at radius 2 is 0.729 bits per heavy atom. The maximum absolute atomic E-state index is 6.66. The second-order valence-corrected chi connectivity index (χ2v) is 17.2. The van der Waals surface area contributed by atoms with Crippen LogP contribution in [0.4, 0.5) is 0 Å². The zero-order chi connectivity index (χ0) is 39.0. The third-order valence-electron chi connectivity index (χ3n) is 13.9. The van der Waals surface area contributed by atoms with Gasteiger partial charge in [0.1, 0.15) is 11.2 Å². The molecule has 0 fully saturated rings. The highest BCUT2D eigenvalue weighted by atomic mass is 16.3. The van der Waals surface area contributed by atoms with E-state index in [4.69, 9.17) is 4.42 Å². The molecule has 1 nitrogen and oxygen atoms in total. The van der Waals surface area contributed by atoms with Gasteiger partial charge in [-0.25, -0.2) is 0 Å². The van der Waals surface area contributed by atoms with Gasteiger partial charge in [0.2, 0.25) is 0 Å². The minimum absolute atomic E-state index is 0.0488. The van der Waals surface area contributed by atoms with Crippen molar-refractivity contribution in [2.75, 3.05) is 0 Å². The van der Waals surface area contributed by atoms with Crippen LogP contribution in [0.25, 0.3) is 88.7 Å². The molecule has 13 rings (SSSR count). The molecule has 0 amide bonds. The van der Waals surface area contributed by atoms with E-state index in [1.165, 1.54) is 89.0 Å². The third kappa shape index (κ3) is 4.29. The van der Waals surface area contributed by atoms with Crippen molar-refractivity contribution in [3.63, 3.8) is 0 Å². The summed E-state index contributed by atoms with van der Waals surface area (Å²) in [7, 11) is 0. The molecule has 0 bridgehead atoms. The molecule has 9 aromatic carbocycles. The Bertz CT molecular complexity index is 3380. The Labute approximate surface area is 343 Å². The molecule has 1 spiro atoms. The van der Waals surface area contributed by atoms with Crippen molar-refractivity contribution in [3.05, 3.63) is 228 Å². The lowest BCUT2D eigenvalue weighted by atomic mass is 9.70. The lowest BCUT2D eigenvalue weighted by molar-refractivity contribution is 0.660. The van der Waals surface area contributed by atoms with Gasteiger partial charge in [0.05, 0.1) is 5.41 Å². The first-order valence-corrected chi connectivity index (χ1v) is 20.7. The Hall–Kier alpha value is -7.22. The monoisotopic (exact) mass is 750 g/mol. The lowest BCUT2D eigenvalue weighted by Crippen LogP contribution is -2.25. The van der Waals surface area contributed by atoms with Gasteiger partial charge in [0, 0.05) is 21.8 Å². The van der Waals surface area contributed by atoms with Gasteiger partial charge >= 0.3 is 0 Å². The molecule has 59 heavy (non-hydrogen) atoms. The molecule has 1 heterocycles. The number of hydrogen-bond acceptors (Lipinski definition) is 1. The average Bonchev–Trinajstić information content (AvgIpc) is 3.98. The molecule has 3 aliphatic rings. The topological polar surface area (TPSA) is 13.1 Å². The zero-order valence-electron chi connectivity index (χ0n) is 32.9. The standard InChI is InChI=1S/C58H38O/c1-57(2)49-21-8-3-16-43(49)47-33-35(26-28-50(47)57)37-30-38(32-39(31-37)40-19-13-20-46-45-18-7-12-25-55(45)59-56(40)46)36-27-29-54-48(34-36)44-17-6-11-24-53(44)58(54)51-22-9-4-14-41(51)42-15-5-10-23-52(42)58/h3-34H,1-2H3. The van der Waals surface area contributed by atoms with E-state index in [-0.39, 0.29) is 10.8 Å². The quantitative estimate of drug-likeness (QED) is 0.175. The molecule has 0 N–H and O–H groups in total. The van der Waals surface area contributed by atoms with E-state index in [2.05, 4.69) is 208 Å². The summed E-state index contributed by atoms with van der Waals surface area (Å²) < 4.78 is 6.66. The van der Waals surface area contributed by atoms with E-state index in [9.17, 15) is 0 Å². The Morgan fingerprint density at radius 3 is 1.37 bits per heavy atom. The first-order chi connectivity index (χ1) is 29.0. The Kier molecular flexibility index (Phi) is 6.50. The normalized spacial score (nSPS) is 14.5. The van der Waals surface area contributed by atoms with E-state index in [0.29, 0.717) is 0 Å². The number of rotatable bonds is 3. The van der Waals surface area contributed by atoms with Crippen LogP contribution in [0.2, 0.25) is 0 Å². The van der Waals surface area contributed by atoms with Gasteiger partial charge in [0.25, 0.3) is 0 Å². The number of fused-ring (bicyclic) bond motifs is 16. The van der Waals surface area contributed by atoms with E-state index in [1.807, 2.05) is 0 Å². The van der Waals surface area contributed by atoms with Crippen molar-refractivity contribution in [2.24, 2.45) is 0 Å². The van der Waals surface area contributed by atoms with Crippen molar-refractivity contribution in [1.82, 2.24) is 0 Å². The molecule has 10 aromatic rings. The minimum Gasteiger partial charge on any atom is -0.455 e. The van der Waals surface area contributed by atoms with Crippen LogP contribution in [-0.4, -0.2) is 0 Å². The summed E-state index contributed by atoms with van der Waals surface area (Å²) in [5.74, 6) is 0. The highest BCUT2D eigenvalue weighted by Crippen LogP contribution is 2.63. The molecule has 1 heteroatoms. The van der Waals surface area contributed by atoms with Gasteiger partial charge < -0.3 is 4.42 Å². The van der Waals surface area contributed by atoms with Gasteiger partial charge in [-0.3, -0.25) is 0 Å². The molecule has 0 saturated heterocycles. The summed E-state index contributed by atoms with van der Waals surface area (Å²) in [6.45, 7) is 4.70. The lowest BCUT2D eigenvalue weighted by Gasteiger charge is -2.30. The van der Waals surface area contributed by atoms with Crippen LogP contribution in [0.3, 0.4) is 0 Å². The first kappa shape index (κ1) is 32.8. The second-order valence-electron chi connectivity index (χ2n) is 17.2. The van der Waals surface area contributed by atoms with Gasteiger partial charge in [-0.15, -0.1) is 0 Å². The second kappa shape index (κ2) is 11.7. The third-order valence-corrected chi connectivity index (χ3v) is 13.9. The van der Waals surface area contributed by atoms with Crippen LogP contribution < -0.4 is 0 Å². The summed E-state index contributed by atoms with van der Waals surface area (Å²) in [5, 5.41) is 2.28. The fourth-order valence-electron chi connectivity index (χ4n) is 11.3. The number of hydrogen-bond donors (Lipinski definition) is 0. The predicted octanol–water partition coefficient (Wildman–Crippen LogP) is 15.2. The van der Waals surface area contributed by atoms with Crippen molar-refractivity contribution in [3.8, 4) is 66.8 Å². The highest BCUT2D eigenvalue weighted by molar-refractivity contribution is 6.10. The fourth-order valence-corrected chi connectivity index (χ4v) is 11.3. The van der Waals surface area contributed by atoms with Gasteiger partial charge in [-0.1, -0.05) is 172 Å². The van der Waals surface area contributed by atoms with Gasteiger partial charge in [0.15, 0.2) is 0 Å². The van der Waals surface area contributed by atoms with Crippen molar-refractivity contribution >= 4 is 21.9 Å². The summed E-state index contributed by atoms with van der Waals surface area (Å²) in [4.78, 5) is 0. The summed E-state index contributed by atoms with van der Waals surface area (Å²) in [6.07, 6.45) is 0. The first-order valence-electron chi connectivity index (χ1n) is 20.7. The van der Waals surface area contributed by atoms with Gasteiger partial charge in [-0.2, -0.15) is 0 Å². The molecule has 0 saturated carbocycles. The molecule has 0 radical (unpaired) electrons. The smallest absolute Gasteiger partial charge is 0.143 e. The predicted molar refractivity (Wildman–Crippen MR) is 244 cm³/mol. The number of furan rings is 1. The summed E-state index contributed by atoms with van der Waals surface area (Å²) in [6, 6.07) is 72.5. The molecular weight excluding hydrogens is 713 g/mol. The van der Waals surface area contributed by atoms with Crippen molar-refractivity contribution < 1.29 is 4.42 Å². The molecule has 276 valence electrons. The maximum atomic E-state index is 6.66. The highest BCUT2D eigenvalue weighted by Gasteiger charge is 2.51. The van der Waals surface area contributed by atoms with Crippen LogP contribution in [0.15, 0.2) is 199 Å². The molecule has 1 aromatic heterocycles. The Morgan fingerprint density at radius 1 is 0.305 bits per heavy atom. The molecule has 0 atom stereocenters. The van der Waals surface area contributed by atoms with E-state index in [0.717, 1.165) is 33.1 Å².